The highest BCUT2D eigenvalue weighted by molar-refractivity contribution is 6.09. The second kappa shape index (κ2) is 1.63. The van der Waals surface area contributed by atoms with Crippen LogP contribution in [-0.4, -0.2) is 39.3 Å². The molecule has 0 radical (unpaired) electrons. The SMILES string of the molecule is [AlH2][CH2]C1CC23CC2CCN13. The Kier molecular flexibility index (Phi) is 0.988. The minimum Gasteiger partial charge on any atom is -0.296 e. The maximum Gasteiger partial charge on any atom is 0.214 e. The Morgan fingerprint density at radius 2 is 2.40 bits per heavy atom. The molecule has 3 rings (SSSR count). The van der Waals surface area contributed by atoms with Gasteiger partial charge in [-0.1, -0.05) is 5.28 Å². The van der Waals surface area contributed by atoms with E-state index in [4.69, 9.17) is 0 Å². The molecule has 1 aliphatic carbocycles. The van der Waals surface area contributed by atoms with Crippen LogP contribution in [-0.2, 0) is 0 Å². The first-order valence-corrected chi connectivity index (χ1v) is 6.05. The van der Waals surface area contributed by atoms with Crippen LogP contribution in [0.25, 0.3) is 0 Å². The normalized spacial score (nSPS) is 57.2. The van der Waals surface area contributed by atoms with E-state index in [2.05, 4.69) is 4.90 Å². The van der Waals surface area contributed by atoms with Crippen LogP contribution >= 0.6 is 0 Å². The van der Waals surface area contributed by atoms with Gasteiger partial charge in [-0.2, -0.15) is 0 Å². The van der Waals surface area contributed by atoms with Crippen molar-refractivity contribution in [1.82, 2.24) is 4.90 Å². The van der Waals surface area contributed by atoms with E-state index in [1.807, 2.05) is 0 Å². The summed E-state index contributed by atoms with van der Waals surface area (Å²) in [6.07, 6.45) is 4.66. The van der Waals surface area contributed by atoms with Gasteiger partial charge in [0.2, 0.25) is 16.3 Å². The minimum absolute atomic E-state index is 0.828. The molecular weight excluding hydrogens is 137 g/mol. The zero-order valence-corrected chi connectivity index (χ0v) is 8.64. The van der Waals surface area contributed by atoms with Gasteiger partial charge in [0, 0.05) is 5.54 Å². The van der Waals surface area contributed by atoms with Gasteiger partial charge in [-0.25, -0.2) is 0 Å². The van der Waals surface area contributed by atoms with E-state index in [-0.39, 0.29) is 0 Å². The predicted molar refractivity (Wildman–Crippen MR) is 43.9 cm³/mol. The summed E-state index contributed by atoms with van der Waals surface area (Å²) in [7, 11) is 0. The van der Waals surface area contributed by atoms with E-state index in [1.165, 1.54) is 34.5 Å². The molecule has 3 unspecified atom stereocenters. The lowest BCUT2D eigenvalue weighted by Gasteiger charge is -2.47. The highest BCUT2D eigenvalue weighted by Gasteiger charge is 2.69. The maximum atomic E-state index is 2.81. The van der Waals surface area contributed by atoms with E-state index < -0.39 is 0 Å². The van der Waals surface area contributed by atoms with Crippen molar-refractivity contribution in [1.29, 1.82) is 0 Å². The first-order valence-electron chi connectivity index (χ1n) is 4.63. The van der Waals surface area contributed by atoms with Crippen molar-refractivity contribution in [3.05, 3.63) is 0 Å². The molecule has 3 atom stereocenters. The van der Waals surface area contributed by atoms with Gasteiger partial charge in [0.1, 0.15) is 0 Å². The quantitative estimate of drug-likeness (QED) is 0.486. The van der Waals surface area contributed by atoms with Crippen LogP contribution in [0.1, 0.15) is 19.3 Å². The van der Waals surface area contributed by atoms with Crippen molar-refractivity contribution in [2.45, 2.75) is 36.1 Å². The molecule has 1 spiro atoms. The molecule has 1 nitrogen and oxygen atoms in total. The lowest BCUT2D eigenvalue weighted by Crippen LogP contribution is -2.55. The third-order valence-corrected chi connectivity index (χ3v) is 4.93. The first kappa shape index (κ1) is 6.06. The standard InChI is InChI=1S/C8H12N.Al.2H/c1-6-4-8-5-7(8)2-3-9(6)8;;;/h6-7H,1-5H2;;;. The largest absolute Gasteiger partial charge is 0.296 e. The van der Waals surface area contributed by atoms with Crippen LogP contribution in [0.3, 0.4) is 0 Å². The van der Waals surface area contributed by atoms with Crippen molar-refractivity contribution in [2.75, 3.05) is 6.54 Å². The van der Waals surface area contributed by atoms with E-state index in [0.717, 1.165) is 17.5 Å². The monoisotopic (exact) mass is 151 g/mol. The second-order valence-corrected chi connectivity index (χ2v) is 5.07. The Morgan fingerprint density at radius 3 is 3.00 bits per heavy atom. The van der Waals surface area contributed by atoms with Gasteiger partial charge in [-0.05, 0) is 37.8 Å². The molecule has 0 aromatic carbocycles. The Balaban J connectivity index is 1.82. The van der Waals surface area contributed by atoms with Crippen LogP contribution in [0.15, 0.2) is 0 Å². The Labute approximate surface area is 70.2 Å². The third kappa shape index (κ3) is 0.481. The molecule has 2 saturated heterocycles. The van der Waals surface area contributed by atoms with Crippen LogP contribution in [0.5, 0.6) is 0 Å². The van der Waals surface area contributed by atoms with Gasteiger partial charge in [0.25, 0.3) is 0 Å². The number of hydrogen-bond donors (Lipinski definition) is 0. The van der Waals surface area contributed by atoms with E-state index in [9.17, 15) is 0 Å². The maximum absolute atomic E-state index is 2.81. The smallest absolute Gasteiger partial charge is 0.214 e. The zero-order valence-electron chi connectivity index (χ0n) is 6.64. The predicted octanol–water partition coefficient (Wildman–Crippen LogP) is 0.274. The fraction of sp³-hybridized carbons (Fsp3) is 1.00. The van der Waals surface area contributed by atoms with Crippen molar-refractivity contribution in [3.63, 3.8) is 0 Å². The molecule has 2 heterocycles. The molecule has 2 aliphatic heterocycles. The van der Waals surface area contributed by atoms with E-state index in [0.29, 0.717) is 0 Å². The fourth-order valence-electron chi connectivity index (χ4n) is 3.29. The van der Waals surface area contributed by atoms with E-state index >= 15 is 0 Å². The van der Waals surface area contributed by atoms with Gasteiger partial charge in [-0.3, -0.25) is 4.90 Å². The molecule has 0 N–H and O–H groups in total. The van der Waals surface area contributed by atoms with Gasteiger partial charge < -0.3 is 0 Å². The number of hydrogen-bond acceptors (Lipinski definition) is 1. The Bertz CT molecular complexity index is 180. The zero-order chi connectivity index (χ0) is 6.77. The molecule has 0 aromatic heterocycles. The molecule has 54 valence electrons. The van der Waals surface area contributed by atoms with Gasteiger partial charge >= 0.3 is 0 Å². The summed E-state index contributed by atoms with van der Waals surface area (Å²) in [5, 5.41) is 1.52. The molecule has 2 heteroatoms. The van der Waals surface area contributed by atoms with Crippen molar-refractivity contribution in [2.24, 2.45) is 5.92 Å². The Morgan fingerprint density at radius 1 is 1.50 bits per heavy atom. The molecule has 10 heavy (non-hydrogen) atoms. The lowest BCUT2D eigenvalue weighted by atomic mass is 9.92. The highest BCUT2D eigenvalue weighted by atomic mass is 27.0. The second-order valence-electron chi connectivity index (χ2n) is 4.25. The summed E-state index contributed by atoms with van der Waals surface area (Å²) in [5.74, 6) is 1.15. The van der Waals surface area contributed by atoms with Gasteiger partial charge in [0.05, 0.1) is 0 Å². The molecule has 0 bridgehead atoms. The third-order valence-electron chi connectivity index (χ3n) is 3.99. The lowest BCUT2D eigenvalue weighted by molar-refractivity contribution is 0.0300. The van der Waals surface area contributed by atoms with Crippen molar-refractivity contribution in [3.8, 4) is 0 Å². The molecule has 1 saturated carbocycles. The average Bonchev–Trinajstić information content (AvgIpc) is 2.55. The molecule has 3 aliphatic rings. The summed E-state index contributed by atoms with van der Waals surface area (Å²) in [6.45, 7) is 1.44. The average molecular weight is 151 g/mol. The number of nitrogens with zero attached hydrogens (tertiary/aromatic N) is 1. The van der Waals surface area contributed by atoms with Gasteiger partial charge in [-0.15, -0.1) is 0 Å². The topological polar surface area (TPSA) is 3.24 Å². The molecule has 3 fully saturated rings. The number of piperidine rings is 1. The van der Waals surface area contributed by atoms with Crippen molar-refractivity contribution >= 4 is 16.3 Å². The molecular formula is C8H14AlN. The summed E-state index contributed by atoms with van der Waals surface area (Å²) < 4.78 is 0. The fourth-order valence-corrected chi connectivity index (χ4v) is 4.02. The van der Waals surface area contributed by atoms with Crippen molar-refractivity contribution < 1.29 is 0 Å². The van der Waals surface area contributed by atoms with Crippen LogP contribution in [0.2, 0.25) is 5.28 Å². The first-order chi connectivity index (χ1) is 4.87. The minimum atomic E-state index is 0.828. The Hall–Kier alpha value is 0.492. The summed E-state index contributed by atoms with van der Waals surface area (Å²) in [5.41, 5.74) is 0.828. The summed E-state index contributed by atoms with van der Waals surface area (Å²) in [6, 6.07) is 1.04. The highest BCUT2D eigenvalue weighted by Crippen LogP contribution is 2.65. The van der Waals surface area contributed by atoms with E-state index in [1.54, 1.807) is 12.8 Å². The van der Waals surface area contributed by atoms with Crippen LogP contribution in [0, 0.1) is 5.92 Å². The molecule has 0 aromatic rings. The van der Waals surface area contributed by atoms with Gasteiger partial charge in [0.15, 0.2) is 0 Å². The van der Waals surface area contributed by atoms with Crippen LogP contribution < -0.4 is 0 Å². The summed E-state index contributed by atoms with van der Waals surface area (Å²) in [4.78, 5) is 2.81. The molecule has 0 amide bonds. The number of rotatable bonds is 1. The van der Waals surface area contributed by atoms with Crippen LogP contribution in [0.4, 0.5) is 0 Å². The summed E-state index contributed by atoms with van der Waals surface area (Å²) >= 11 is 1.41.